The molecule has 1 aromatic carbocycles. The lowest BCUT2D eigenvalue weighted by Gasteiger charge is -2.09. The van der Waals surface area contributed by atoms with Crippen LogP contribution in [0.1, 0.15) is 21.8 Å². The largest absolute Gasteiger partial charge is 0.360 e. The summed E-state index contributed by atoms with van der Waals surface area (Å²) >= 11 is 0. The molecule has 0 atom stereocenters. The van der Waals surface area contributed by atoms with Gasteiger partial charge in [-0.3, -0.25) is 9.78 Å². The van der Waals surface area contributed by atoms with Crippen LogP contribution >= 0.6 is 0 Å². The average molecular weight is 386 g/mol. The van der Waals surface area contributed by atoms with Gasteiger partial charge in [0.05, 0.1) is 0 Å². The molecule has 0 aliphatic heterocycles. The van der Waals surface area contributed by atoms with E-state index in [0.29, 0.717) is 29.8 Å². The Morgan fingerprint density at radius 3 is 2.62 bits per heavy atom. The lowest BCUT2D eigenvalue weighted by atomic mass is 10.2. The number of hydrogen-bond acceptors (Lipinski definition) is 7. The minimum Gasteiger partial charge on any atom is -0.360 e. The fourth-order valence-corrected chi connectivity index (χ4v) is 2.68. The Morgan fingerprint density at radius 2 is 1.90 bits per heavy atom. The number of amides is 1. The van der Waals surface area contributed by atoms with Crippen molar-refractivity contribution in [2.75, 3.05) is 5.32 Å². The van der Waals surface area contributed by atoms with E-state index in [2.05, 4.69) is 30.7 Å². The van der Waals surface area contributed by atoms with E-state index >= 15 is 0 Å². The number of pyridine rings is 1. The maximum atomic E-state index is 12.7. The van der Waals surface area contributed by atoms with Crippen molar-refractivity contribution in [3.05, 3.63) is 84.0 Å². The van der Waals surface area contributed by atoms with Gasteiger partial charge in [-0.1, -0.05) is 41.6 Å². The van der Waals surface area contributed by atoms with E-state index in [-0.39, 0.29) is 11.6 Å². The summed E-state index contributed by atoms with van der Waals surface area (Å²) in [6, 6.07) is 16.5. The Hall–Kier alpha value is -4.07. The number of nitrogens with one attached hydrogen (secondary N) is 2. The van der Waals surface area contributed by atoms with Gasteiger partial charge in [-0.15, -0.1) is 0 Å². The predicted octanol–water partition coefficient (Wildman–Crippen LogP) is 3.51. The Labute approximate surface area is 167 Å². The van der Waals surface area contributed by atoms with E-state index in [1.54, 1.807) is 31.5 Å². The second-order valence-corrected chi connectivity index (χ2v) is 6.32. The molecule has 3 aromatic heterocycles. The van der Waals surface area contributed by atoms with Crippen LogP contribution in [0, 0.1) is 6.92 Å². The number of aryl methyl sites for hydroxylation is 1. The zero-order valence-electron chi connectivity index (χ0n) is 15.7. The van der Waals surface area contributed by atoms with Gasteiger partial charge in [0.2, 0.25) is 0 Å². The molecule has 2 N–H and O–H groups in total. The first kappa shape index (κ1) is 18.3. The Bertz CT molecular complexity index is 1110. The lowest BCUT2D eigenvalue weighted by Crippen LogP contribution is -2.24. The standard InChI is InChI=1S/C21H18N6O2/c1-14-10-19(27-29-14)25-18-11-17(21(28)23-13-15-6-5-9-22-12-15)24-20(26-18)16-7-3-2-4-8-16/h2-12H,13H2,1H3,(H,23,28)(H,24,25,26,27). The molecule has 8 nitrogen and oxygen atoms in total. The van der Waals surface area contributed by atoms with Crippen LogP contribution in [0.25, 0.3) is 11.4 Å². The van der Waals surface area contributed by atoms with Gasteiger partial charge in [0, 0.05) is 36.6 Å². The van der Waals surface area contributed by atoms with Crippen LogP contribution < -0.4 is 10.6 Å². The summed E-state index contributed by atoms with van der Waals surface area (Å²) in [5.41, 5.74) is 1.94. The van der Waals surface area contributed by atoms with Crippen LogP contribution in [0.15, 0.2) is 71.5 Å². The molecule has 8 heteroatoms. The summed E-state index contributed by atoms with van der Waals surface area (Å²) < 4.78 is 5.08. The summed E-state index contributed by atoms with van der Waals surface area (Å²) in [6.45, 7) is 2.15. The SMILES string of the molecule is Cc1cc(Nc2cc(C(=O)NCc3cccnc3)nc(-c3ccccc3)n2)no1. The molecule has 0 fully saturated rings. The highest BCUT2D eigenvalue weighted by Crippen LogP contribution is 2.20. The van der Waals surface area contributed by atoms with Crippen LogP contribution in [-0.4, -0.2) is 26.0 Å². The quantitative estimate of drug-likeness (QED) is 0.522. The molecule has 0 radical (unpaired) electrons. The highest BCUT2D eigenvalue weighted by Gasteiger charge is 2.14. The number of anilines is 2. The van der Waals surface area contributed by atoms with Crippen molar-refractivity contribution in [2.24, 2.45) is 0 Å². The topological polar surface area (TPSA) is 106 Å². The van der Waals surface area contributed by atoms with Gasteiger partial charge < -0.3 is 15.2 Å². The molecule has 3 heterocycles. The van der Waals surface area contributed by atoms with E-state index in [9.17, 15) is 4.79 Å². The monoisotopic (exact) mass is 386 g/mol. The molecule has 4 aromatic rings. The van der Waals surface area contributed by atoms with Crippen molar-refractivity contribution in [3.63, 3.8) is 0 Å². The first-order chi connectivity index (χ1) is 14.2. The lowest BCUT2D eigenvalue weighted by molar-refractivity contribution is 0.0946. The van der Waals surface area contributed by atoms with Gasteiger partial charge in [-0.05, 0) is 18.6 Å². The number of aromatic nitrogens is 4. The number of nitrogens with zero attached hydrogens (tertiary/aromatic N) is 4. The molecule has 0 saturated carbocycles. The van der Waals surface area contributed by atoms with Gasteiger partial charge in [0.25, 0.3) is 5.91 Å². The second kappa shape index (κ2) is 8.30. The molecular weight excluding hydrogens is 368 g/mol. The van der Waals surface area contributed by atoms with Gasteiger partial charge in [0.15, 0.2) is 11.6 Å². The van der Waals surface area contributed by atoms with Crippen molar-refractivity contribution in [1.29, 1.82) is 0 Å². The van der Waals surface area contributed by atoms with E-state index in [1.165, 1.54) is 0 Å². The Balaban J connectivity index is 1.62. The number of carbonyl (C=O) groups is 1. The van der Waals surface area contributed by atoms with Crippen molar-refractivity contribution in [1.82, 2.24) is 25.4 Å². The summed E-state index contributed by atoms with van der Waals surface area (Å²) in [6.07, 6.45) is 3.39. The molecule has 29 heavy (non-hydrogen) atoms. The van der Waals surface area contributed by atoms with Crippen molar-refractivity contribution < 1.29 is 9.32 Å². The second-order valence-electron chi connectivity index (χ2n) is 6.32. The third-order valence-electron chi connectivity index (χ3n) is 4.05. The van der Waals surface area contributed by atoms with E-state index in [4.69, 9.17) is 4.52 Å². The van der Waals surface area contributed by atoms with Crippen molar-refractivity contribution >= 4 is 17.5 Å². The number of rotatable bonds is 6. The Morgan fingerprint density at radius 1 is 1.03 bits per heavy atom. The third kappa shape index (κ3) is 4.62. The number of benzene rings is 1. The predicted molar refractivity (Wildman–Crippen MR) is 107 cm³/mol. The summed E-state index contributed by atoms with van der Waals surface area (Å²) in [4.78, 5) is 25.7. The molecule has 0 aliphatic rings. The molecule has 0 unspecified atom stereocenters. The normalized spacial score (nSPS) is 10.5. The highest BCUT2D eigenvalue weighted by atomic mass is 16.5. The van der Waals surface area contributed by atoms with Crippen LogP contribution in [0.5, 0.6) is 0 Å². The number of carbonyl (C=O) groups excluding carboxylic acids is 1. The van der Waals surface area contributed by atoms with Crippen molar-refractivity contribution in [2.45, 2.75) is 13.5 Å². The minimum absolute atomic E-state index is 0.241. The smallest absolute Gasteiger partial charge is 0.270 e. The van der Waals surface area contributed by atoms with Crippen molar-refractivity contribution in [3.8, 4) is 11.4 Å². The Kier molecular flexibility index (Phi) is 5.24. The molecule has 1 amide bonds. The van der Waals surface area contributed by atoms with Crippen LogP contribution in [0.3, 0.4) is 0 Å². The fourth-order valence-electron chi connectivity index (χ4n) is 2.68. The molecule has 4 rings (SSSR count). The maximum Gasteiger partial charge on any atom is 0.270 e. The van der Waals surface area contributed by atoms with Crippen LogP contribution in [-0.2, 0) is 6.54 Å². The minimum atomic E-state index is -0.312. The summed E-state index contributed by atoms with van der Waals surface area (Å²) in [5.74, 6) is 1.73. The third-order valence-corrected chi connectivity index (χ3v) is 4.05. The van der Waals surface area contributed by atoms with E-state index < -0.39 is 0 Å². The van der Waals surface area contributed by atoms with E-state index in [0.717, 1.165) is 11.1 Å². The first-order valence-electron chi connectivity index (χ1n) is 8.99. The van der Waals surface area contributed by atoms with Gasteiger partial charge in [0.1, 0.15) is 17.3 Å². The fraction of sp³-hybridized carbons (Fsp3) is 0.0952. The average Bonchev–Trinajstić information content (AvgIpc) is 3.17. The summed E-state index contributed by atoms with van der Waals surface area (Å²) in [5, 5.41) is 9.83. The molecule has 0 bridgehead atoms. The van der Waals surface area contributed by atoms with E-state index in [1.807, 2.05) is 42.5 Å². The van der Waals surface area contributed by atoms with Crippen LogP contribution in [0.2, 0.25) is 0 Å². The molecule has 0 spiro atoms. The molecule has 144 valence electrons. The van der Waals surface area contributed by atoms with Crippen LogP contribution in [0.4, 0.5) is 11.6 Å². The highest BCUT2D eigenvalue weighted by molar-refractivity contribution is 5.93. The van der Waals surface area contributed by atoms with Gasteiger partial charge in [-0.25, -0.2) is 9.97 Å². The molecule has 0 aliphatic carbocycles. The summed E-state index contributed by atoms with van der Waals surface area (Å²) in [7, 11) is 0. The molecular formula is C21H18N6O2. The first-order valence-corrected chi connectivity index (χ1v) is 8.99. The number of hydrogen-bond donors (Lipinski definition) is 2. The molecule has 0 saturated heterocycles. The van der Waals surface area contributed by atoms with Gasteiger partial charge >= 0.3 is 0 Å². The zero-order valence-corrected chi connectivity index (χ0v) is 15.7. The van der Waals surface area contributed by atoms with Gasteiger partial charge in [-0.2, -0.15) is 0 Å². The zero-order chi connectivity index (χ0) is 20.1. The maximum absolute atomic E-state index is 12.7.